The molecule has 1 aliphatic rings. The highest BCUT2D eigenvalue weighted by Gasteiger charge is 2.21. The Morgan fingerprint density at radius 1 is 1.14 bits per heavy atom. The molecule has 0 amide bonds. The monoisotopic (exact) mass is 195 g/mol. The second kappa shape index (κ2) is 3.38. The second-order valence-electron chi connectivity index (χ2n) is 3.52. The van der Waals surface area contributed by atoms with Crippen molar-refractivity contribution in [1.29, 1.82) is 0 Å². The zero-order valence-corrected chi connectivity index (χ0v) is 7.70. The van der Waals surface area contributed by atoms with Crippen molar-refractivity contribution in [3.05, 3.63) is 17.7 Å². The molecule has 14 heavy (non-hydrogen) atoms. The lowest BCUT2D eigenvalue weighted by molar-refractivity contribution is 0.362. The highest BCUT2D eigenvalue weighted by atomic mass is 16.3. The van der Waals surface area contributed by atoms with Crippen molar-refractivity contribution in [1.82, 2.24) is 5.32 Å². The fraction of sp³-hybridized carbons (Fsp3) is 0.400. The van der Waals surface area contributed by atoms with Crippen molar-refractivity contribution in [2.45, 2.75) is 18.9 Å². The van der Waals surface area contributed by atoms with Crippen LogP contribution in [0.15, 0.2) is 12.1 Å². The zero-order valence-electron chi connectivity index (χ0n) is 7.70. The van der Waals surface area contributed by atoms with Gasteiger partial charge in [0.05, 0.1) is 0 Å². The lowest BCUT2D eigenvalue weighted by Gasteiger charge is -2.13. The number of hydrogen-bond donors (Lipinski definition) is 4. The first-order chi connectivity index (χ1) is 6.70. The van der Waals surface area contributed by atoms with Crippen molar-refractivity contribution < 1.29 is 15.3 Å². The number of nitrogens with one attached hydrogen (secondary N) is 1. The number of rotatable bonds is 1. The first-order valence-corrected chi connectivity index (χ1v) is 4.67. The van der Waals surface area contributed by atoms with Gasteiger partial charge in [-0.15, -0.1) is 0 Å². The van der Waals surface area contributed by atoms with Crippen LogP contribution in [0, 0.1) is 0 Å². The van der Waals surface area contributed by atoms with Crippen LogP contribution in [0.3, 0.4) is 0 Å². The van der Waals surface area contributed by atoms with Crippen molar-refractivity contribution in [2.24, 2.45) is 0 Å². The van der Waals surface area contributed by atoms with Gasteiger partial charge < -0.3 is 20.6 Å². The van der Waals surface area contributed by atoms with E-state index in [2.05, 4.69) is 5.32 Å². The third kappa shape index (κ3) is 1.37. The SMILES string of the molecule is Oc1ccc(C2CCCN2)c(O)c1O. The first-order valence-electron chi connectivity index (χ1n) is 4.67. The van der Waals surface area contributed by atoms with E-state index in [4.69, 9.17) is 5.11 Å². The molecule has 2 rings (SSSR count). The molecule has 0 bridgehead atoms. The summed E-state index contributed by atoms with van der Waals surface area (Å²) in [5, 5.41) is 31.3. The predicted molar refractivity (Wildman–Crippen MR) is 51.4 cm³/mol. The Kier molecular flexibility index (Phi) is 2.21. The summed E-state index contributed by atoms with van der Waals surface area (Å²) in [7, 11) is 0. The molecular weight excluding hydrogens is 182 g/mol. The highest BCUT2D eigenvalue weighted by molar-refractivity contribution is 5.54. The summed E-state index contributed by atoms with van der Waals surface area (Å²) in [5.74, 6) is -0.940. The predicted octanol–water partition coefficient (Wildman–Crippen LogP) is 1.23. The van der Waals surface area contributed by atoms with E-state index in [1.807, 2.05) is 0 Å². The molecule has 1 aromatic rings. The van der Waals surface area contributed by atoms with Crippen LogP contribution in [0.2, 0.25) is 0 Å². The summed E-state index contributed by atoms with van der Waals surface area (Å²) in [6.07, 6.45) is 2.00. The first kappa shape index (κ1) is 9.15. The van der Waals surface area contributed by atoms with Crippen molar-refractivity contribution in [2.75, 3.05) is 6.54 Å². The van der Waals surface area contributed by atoms with Crippen LogP contribution in [-0.4, -0.2) is 21.9 Å². The van der Waals surface area contributed by atoms with Crippen molar-refractivity contribution in [3.8, 4) is 17.2 Å². The smallest absolute Gasteiger partial charge is 0.200 e. The second-order valence-corrected chi connectivity index (χ2v) is 3.52. The van der Waals surface area contributed by atoms with E-state index in [0.29, 0.717) is 5.56 Å². The Bertz CT molecular complexity index is 345. The van der Waals surface area contributed by atoms with Gasteiger partial charge in [-0.2, -0.15) is 0 Å². The lowest BCUT2D eigenvalue weighted by atomic mass is 10.0. The summed E-state index contributed by atoms with van der Waals surface area (Å²) in [4.78, 5) is 0. The van der Waals surface area contributed by atoms with Crippen molar-refractivity contribution >= 4 is 0 Å². The van der Waals surface area contributed by atoms with E-state index >= 15 is 0 Å². The topological polar surface area (TPSA) is 72.7 Å². The summed E-state index contributed by atoms with van der Waals surface area (Å²) < 4.78 is 0. The van der Waals surface area contributed by atoms with Crippen LogP contribution in [0.1, 0.15) is 24.4 Å². The molecular formula is C10H13NO3. The van der Waals surface area contributed by atoms with E-state index in [9.17, 15) is 10.2 Å². The molecule has 1 aromatic carbocycles. The van der Waals surface area contributed by atoms with Crippen LogP contribution in [0.4, 0.5) is 0 Å². The van der Waals surface area contributed by atoms with Gasteiger partial charge in [0.1, 0.15) is 0 Å². The van der Waals surface area contributed by atoms with Gasteiger partial charge in [-0.3, -0.25) is 0 Å². The molecule has 1 fully saturated rings. The average molecular weight is 195 g/mol. The van der Waals surface area contributed by atoms with Gasteiger partial charge in [-0.25, -0.2) is 0 Å². The highest BCUT2D eigenvalue weighted by Crippen LogP contribution is 2.41. The Hall–Kier alpha value is -1.42. The zero-order chi connectivity index (χ0) is 10.1. The largest absolute Gasteiger partial charge is 0.504 e. The van der Waals surface area contributed by atoms with Crippen LogP contribution in [0.5, 0.6) is 17.2 Å². The van der Waals surface area contributed by atoms with Crippen LogP contribution < -0.4 is 5.32 Å². The van der Waals surface area contributed by atoms with E-state index in [1.165, 1.54) is 6.07 Å². The van der Waals surface area contributed by atoms with Crippen LogP contribution >= 0.6 is 0 Å². The van der Waals surface area contributed by atoms with Crippen LogP contribution in [-0.2, 0) is 0 Å². The molecule has 0 saturated carbocycles. The Labute approximate surface area is 81.8 Å². The van der Waals surface area contributed by atoms with Gasteiger partial charge in [0, 0.05) is 11.6 Å². The molecule has 0 aliphatic carbocycles. The maximum Gasteiger partial charge on any atom is 0.200 e. The summed E-state index contributed by atoms with van der Waals surface area (Å²) >= 11 is 0. The van der Waals surface area contributed by atoms with Crippen molar-refractivity contribution in [3.63, 3.8) is 0 Å². The minimum atomic E-state index is -0.434. The Morgan fingerprint density at radius 2 is 1.93 bits per heavy atom. The molecule has 4 nitrogen and oxygen atoms in total. The van der Waals surface area contributed by atoms with E-state index < -0.39 is 5.75 Å². The number of phenolic OH excluding ortho intramolecular Hbond substituents is 3. The standard InChI is InChI=1S/C10H13NO3/c12-8-4-3-6(9(13)10(8)14)7-2-1-5-11-7/h3-4,7,11-14H,1-2,5H2. The maximum absolute atomic E-state index is 9.59. The molecule has 0 radical (unpaired) electrons. The van der Waals surface area contributed by atoms with Crippen LogP contribution in [0.25, 0.3) is 0 Å². The summed E-state index contributed by atoms with van der Waals surface area (Å²) in [6, 6.07) is 3.11. The molecule has 4 heteroatoms. The quantitative estimate of drug-likeness (QED) is 0.508. The van der Waals surface area contributed by atoms with E-state index in [0.717, 1.165) is 19.4 Å². The molecule has 1 atom stereocenters. The number of hydrogen-bond acceptors (Lipinski definition) is 4. The summed E-state index contributed by atoms with van der Waals surface area (Å²) in [5.41, 5.74) is 0.651. The molecule has 1 heterocycles. The third-order valence-electron chi connectivity index (χ3n) is 2.60. The number of aromatic hydroxyl groups is 3. The Balaban J connectivity index is 2.38. The molecule has 76 valence electrons. The van der Waals surface area contributed by atoms with Gasteiger partial charge in [0.15, 0.2) is 11.5 Å². The molecule has 1 unspecified atom stereocenters. The fourth-order valence-corrected chi connectivity index (χ4v) is 1.82. The molecule has 0 spiro atoms. The average Bonchev–Trinajstić information content (AvgIpc) is 2.67. The van der Waals surface area contributed by atoms with E-state index in [-0.39, 0.29) is 17.5 Å². The molecule has 1 aliphatic heterocycles. The lowest BCUT2D eigenvalue weighted by Crippen LogP contribution is -2.12. The minimum absolute atomic E-state index is 0.0847. The normalized spacial score (nSPS) is 21.3. The van der Waals surface area contributed by atoms with Gasteiger partial charge in [-0.1, -0.05) is 0 Å². The van der Waals surface area contributed by atoms with Gasteiger partial charge in [0.2, 0.25) is 5.75 Å². The maximum atomic E-state index is 9.59. The number of phenols is 3. The van der Waals surface area contributed by atoms with Gasteiger partial charge in [-0.05, 0) is 31.5 Å². The molecule has 0 aromatic heterocycles. The summed E-state index contributed by atoms with van der Waals surface area (Å²) in [6.45, 7) is 0.922. The third-order valence-corrected chi connectivity index (χ3v) is 2.60. The minimum Gasteiger partial charge on any atom is -0.504 e. The molecule has 1 saturated heterocycles. The molecule has 4 N–H and O–H groups in total. The fourth-order valence-electron chi connectivity index (χ4n) is 1.82. The Morgan fingerprint density at radius 3 is 2.57 bits per heavy atom. The number of benzene rings is 1. The van der Waals surface area contributed by atoms with E-state index in [1.54, 1.807) is 6.07 Å². The van der Waals surface area contributed by atoms with Gasteiger partial charge >= 0.3 is 0 Å². The van der Waals surface area contributed by atoms with Gasteiger partial charge in [0.25, 0.3) is 0 Å².